The van der Waals surface area contributed by atoms with Crippen LogP contribution in [0.5, 0.6) is 0 Å². The summed E-state index contributed by atoms with van der Waals surface area (Å²) < 4.78 is 2.53. The van der Waals surface area contributed by atoms with Crippen LogP contribution in [0.15, 0.2) is 47.4 Å². The minimum absolute atomic E-state index is 0.0638. The summed E-state index contributed by atoms with van der Waals surface area (Å²) in [6.07, 6.45) is 1.52. The van der Waals surface area contributed by atoms with Crippen molar-refractivity contribution in [2.45, 2.75) is 25.8 Å². The first-order valence-electron chi connectivity index (χ1n) is 10.8. The van der Waals surface area contributed by atoms with Gasteiger partial charge in [-0.25, -0.2) is 14.3 Å². The highest BCUT2D eigenvalue weighted by molar-refractivity contribution is 6.37. The van der Waals surface area contributed by atoms with Crippen molar-refractivity contribution in [2.75, 3.05) is 11.9 Å². The number of hydrogen-bond donors (Lipinski definition) is 3. The minimum Gasteiger partial charge on any atom is -0.324 e. The first-order chi connectivity index (χ1) is 16.2. The van der Waals surface area contributed by atoms with Gasteiger partial charge in [-0.05, 0) is 35.4 Å². The van der Waals surface area contributed by atoms with E-state index >= 15 is 0 Å². The van der Waals surface area contributed by atoms with Crippen LogP contribution in [0.2, 0.25) is 10.0 Å². The molecule has 10 heteroatoms. The van der Waals surface area contributed by atoms with Gasteiger partial charge in [0.15, 0.2) is 5.65 Å². The molecule has 0 spiro atoms. The first-order valence-corrected chi connectivity index (χ1v) is 11.5. The maximum atomic E-state index is 13.2. The van der Waals surface area contributed by atoms with Gasteiger partial charge >= 0.3 is 5.69 Å². The smallest absolute Gasteiger partial charge is 0.324 e. The number of anilines is 2. The van der Waals surface area contributed by atoms with Gasteiger partial charge in [0, 0.05) is 37.4 Å². The molecule has 1 aliphatic heterocycles. The van der Waals surface area contributed by atoms with E-state index in [1.807, 2.05) is 6.07 Å². The van der Waals surface area contributed by atoms with Gasteiger partial charge in [0.05, 0.1) is 21.1 Å². The minimum atomic E-state index is -0.487. The molecule has 0 radical (unpaired) electrons. The lowest BCUT2D eigenvalue weighted by Crippen LogP contribution is -2.39. The Balaban J connectivity index is 1.59. The van der Waals surface area contributed by atoms with E-state index in [-0.39, 0.29) is 26.6 Å². The summed E-state index contributed by atoms with van der Waals surface area (Å²) in [4.78, 5) is 22.1. The van der Waals surface area contributed by atoms with Crippen molar-refractivity contribution in [3.8, 4) is 5.69 Å². The number of aromatic nitrogens is 4. The van der Waals surface area contributed by atoms with E-state index in [1.54, 1.807) is 25.2 Å². The van der Waals surface area contributed by atoms with Crippen LogP contribution in [0.25, 0.3) is 16.7 Å². The Bertz CT molecular complexity index is 1550. The van der Waals surface area contributed by atoms with Crippen LogP contribution in [0.4, 0.5) is 11.6 Å². The van der Waals surface area contributed by atoms with Crippen molar-refractivity contribution in [2.24, 2.45) is 7.05 Å². The molecule has 2 aromatic heterocycles. The molecule has 0 bridgehead atoms. The number of aryl methyl sites for hydroxylation is 1. The number of nitrogens with one attached hydrogen (secondary N) is 3. The summed E-state index contributed by atoms with van der Waals surface area (Å²) in [6.45, 7) is 6.18. The maximum Gasteiger partial charge on any atom is 0.335 e. The lowest BCUT2D eigenvalue weighted by molar-refractivity contribution is 0.435. The number of halogens is 2. The van der Waals surface area contributed by atoms with Crippen molar-refractivity contribution >= 4 is 45.9 Å². The zero-order valence-corrected chi connectivity index (χ0v) is 20.4. The molecule has 8 nitrogen and oxygen atoms in total. The molecule has 0 saturated heterocycles. The number of para-hydroxylation sites is 1. The van der Waals surface area contributed by atoms with Crippen LogP contribution in [0.1, 0.15) is 25.0 Å². The Kier molecular flexibility index (Phi) is 5.47. The molecule has 4 aromatic rings. The van der Waals surface area contributed by atoms with Gasteiger partial charge in [-0.1, -0.05) is 49.2 Å². The SMILES string of the molecule is Cn1c(=O)n(-c2c(Cl)cccc2Cl)c(=N)c2cnc(Nc3ccc4c(c3)CNCC4(C)C)nc21. The molecule has 34 heavy (non-hydrogen) atoms. The molecular formula is C24H23Cl2N7O. The third-order valence-electron chi connectivity index (χ3n) is 6.18. The van der Waals surface area contributed by atoms with Crippen molar-refractivity contribution in [1.29, 1.82) is 5.41 Å². The topological polar surface area (TPSA) is 101 Å². The average molecular weight is 496 g/mol. The fourth-order valence-corrected chi connectivity index (χ4v) is 5.00. The molecule has 0 aliphatic carbocycles. The van der Waals surface area contributed by atoms with Crippen LogP contribution < -0.4 is 21.8 Å². The predicted octanol–water partition coefficient (Wildman–Crippen LogP) is 4.03. The Morgan fingerprint density at radius 2 is 1.91 bits per heavy atom. The van der Waals surface area contributed by atoms with E-state index in [1.165, 1.54) is 26.5 Å². The summed E-state index contributed by atoms with van der Waals surface area (Å²) in [5, 5.41) is 16.3. The van der Waals surface area contributed by atoms with E-state index in [0.29, 0.717) is 17.0 Å². The lowest BCUT2D eigenvalue weighted by atomic mass is 9.79. The van der Waals surface area contributed by atoms with Gasteiger partial charge in [0.2, 0.25) is 5.95 Å². The molecule has 0 saturated carbocycles. The second-order valence-electron chi connectivity index (χ2n) is 9.01. The van der Waals surface area contributed by atoms with E-state index < -0.39 is 5.69 Å². The third kappa shape index (κ3) is 3.68. The Hall–Kier alpha value is -3.20. The molecule has 0 unspecified atom stereocenters. The van der Waals surface area contributed by atoms with Crippen LogP contribution >= 0.6 is 23.2 Å². The second-order valence-corrected chi connectivity index (χ2v) is 9.83. The van der Waals surface area contributed by atoms with E-state index in [2.05, 4.69) is 46.6 Å². The zero-order chi connectivity index (χ0) is 24.2. The molecule has 5 rings (SSSR count). The molecule has 1 aliphatic rings. The number of fused-ring (bicyclic) bond motifs is 2. The molecule has 3 heterocycles. The lowest BCUT2D eigenvalue weighted by Gasteiger charge is -2.33. The Morgan fingerprint density at radius 3 is 2.65 bits per heavy atom. The van der Waals surface area contributed by atoms with Crippen molar-refractivity contribution in [1.82, 2.24) is 24.4 Å². The highest BCUT2D eigenvalue weighted by Crippen LogP contribution is 2.32. The van der Waals surface area contributed by atoms with Crippen LogP contribution in [-0.2, 0) is 19.0 Å². The average Bonchev–Trinajstić information content (AvgIpc) is 2.79. The number of benzene rings is 2. The van der Waals surface area contributed by atoms with Crippen LogP contribution in [0.3, 0.4) is 0 Å². The van der Waals surface area contributed by atoms with Crippen LogP contribution in [-0.4, -0.2) is 25.6 Å². The summed E-state index contributed by atoms with van der Waals surface area (Å²) in [7, 11) is 1.59. The van der Waals surface area contributed by atoms with Gasteiger partial charge in [-0.2, -0.15) is 4.98 Å². The first kappa shape index (κ1) is 22.6. The van der Waals surface area contributed by atoms with Crippen LogP contribution in [0, 0.1) is 5.41 Å². The Morgan fingerprint density at radius 1 is 1.18 bits per heavy atom. The van der Waals surface area contributed by atoms with Gasteiger partial charge in [0.25, 0.3) is 0 Å². The van der Waals surface area contributed by atoms with E-state index in [0.717, 1.165) is 18.8 Å². The number of nitrogens with zero attached hydrogens (tertiary/aromatic N) is 4. The van der Waals surface area contributed by atoms with Crippen molar-refractivity contribution in [3.63, 3.8) is 0 Å². The van der Waals surface area contributed by atoms with Crippen molar-refractivity contribution < 1.29 is 0 Å². The third-order valence-corrected chi connectivity index (χ3v) is 6.79. The standard InChI is InChI=1S/C24H23Cl2N7O/c1-24(2)12-28-10-13-9-14(7-8-16(13)24)30-22-29-11-15-20(27)33(23(34)32(3)21(15)31-22)19-17(25)5-4-6-18(19)26/h4-9,11,27-28H,10,12H2,1-3H3,(H,29,30,31). The largest absolute Gasteiger partial charge is 0.335 e. The molecule has 0 amide bonds. The molecular weight excluding hydrogens is 473 g/mol. The summed E-state index contributed by atoms with van der Waals surface area (Å²) >= 11 is 12.6. The fraction of sp³-hybridized carbons (Fsp3) is 0.250. The highest BCUT2D eigenvalue weighted by atomic mass is 35.5. The number of hydrogen-bond acceptors (Lipinski definition) is 6. The molecule has 3 N–H and O–H groups in total. The highest BCUT2D eigenvalue weighted by Gasteiger charge is 2.27. The molecule has 174 valence electrons. The predicted molar refractivity (Wildman–Crippen MR) is 134 cm³/mol. The van der Waals surface area contributed by atoms with E-state index in [4.69, 9.17) is 28.6 Å². The van der Waals surface area contributed by atoms with Gasteiger partial charge < -0.3 is 10.6 Å². The normalized spacial score (nSPS) is 14.7. The van der Waals surface area contributed by atoms with Gasteiger partial charge in [-0.15, -0.1) is 0 Å². The number of rotatable bonds is 3. The van der Waals surface area contributed by atoms with E-state index in [9.17, 15) is 4.79 Å². The molecule has 2 aromatic carbocycles. The van der Waals surface area contributed by atoms with Gasteiger partial charge in [0.1, 0.15) is 5.49 Å². The monoisotopic (exact) mass is 495 g/mol. The summed E-state index contributed by atoms with van der Waals surface area (Å²) in [5.74, 6) is 0.332. The quantitative estimate of drug-likeness (QED) is 0.398. The second kappa shape index (κ2) is 8.23. The maximum absolute atomic E-state index is 13.2. The van der Waals surface area contributed by atoms with Crippen molar-refractivity contribution in [3.05, 3.63) is 79.7 Å². The summed E-state index contributed by atoms with van der Waals surface area (Å²) in [5.41, 5.74) is 3.46. The van der Waals surface area contributed by atoms with Gasteiger partial charge in [-0.3, -0.25) is 9.98 Å². The molecule has 0 atom stereocenters. The zero-order valence-electron chi connectivity index (χ0n) is 18.9. The molecule has 0 fully saturated rings. The Labute approximate surface area is 205 Å². The fourth-order valence-electron chi connectivity index (χ4n) is 4.43. The summed E-state index contributed by atoms with van der Waals surface area (Å²) in [6, 6.07) is 11.2.